The molecule has 1 heterocycles. The second-order valence-electron chi connectivity index (χ2n) is 3.43. The van der Waals surface area contributed by atoms with Crippen LogP contribution in [0.3, 0.4) is 0 Å². The van der Waals surface area contributed by atoms with E-state index in [1.807, 2.05) is 0 Å². The molecule has 2 rings (SSSR count). The van der Waals surface area contributed by atoms with Crippen LogP contribution in [0.2, 0.25) is 5.02 Å². The minimum absolute atomic E-state index is 0.0209. The summed E-state index contributed by atoms with van der Waals surface area (Å²) in [6, 6.07) is 4.51. The molecule has 0 aliphatic rings. The first kappa shape index (κ1) is 11.6. The number of rotatable bonds is 2. The molecule has 1 aromatic heterocycles. The average Bonchev–Trinajstić information content (AvgIpc) is 2.64. The van der Waals surface area contributed by atoms with Crippen molar-refractivity contribution in [3.63, 3.8) is 0 Å². The Bertz CT molecular complexity index is 595. The third-order valence-electron chi connectivity index (χ3n) is 2.40. The molecule has 0 amide bonds. The van der Waals surface area contributed by atoms with Gasteiger partial charge in [-0.1, -0.05) is 17.7 Å². The maximum Gasteiger partial charge on any atom is 0.356 e. The summed E-state index contributed by atoms with van der Waals surface area (Å²) in [6.07, 6.45) is 1.26. The molecule has 0 fully saturated rings. The van der Waals surface area contributed by atoms with E-state index in [1.165, 1.54) is 23.0 Å². The number of carbonyl (C=O) groups is 1. The SMILES string of the molecule is Cc1c(C(=O)O)ncn1-c1cccc(Cl)c1F. The summed E-state index contributed by atoms with van der Waals surface area (Å²) in [5.74, 6) is -1.75. The van der Waals surface area contributed by atoms with Crippen LogP contribution in [-0.2, 0) is 0 Å². The Labute approximate surface area is 101 Å². The van der Waals surface area contributed by atoms with E-state index in [9.17, 15) is 9.18 Å². The molecular weight excluding hydrogens is 247 g/mol. The zero-order chi connectivity index (χ0) is 12.6. The Balaban J connectivity index is 2.62. The van der Waals surface area contributed by atoms with Crippen molar-refractivity contribution in [1.29, 1.82) is 0 Å². The lowest BCUT2D eigenvalue weighted by atomic mass is 10.2. The molecule has 1 N–H and O–H groups in total. The second-order valence-corrected chi connectivity index (χ2v) is 3.83. The van der Waals surface area contributed by atoms with Crippen molar-refractivity contribution in [2.24, 2.45) is 0 Å². The summed E-state index contributed by atoms with van der Waals surface area (Å²) in [5.41, 5.74) is 0.415. The van der Waals surface area contributed by atoms with Crippen LogP contribution in [0.4, 0.5) is 4.39 Å². The summed E-state index contributed by atoms with van der Waals surface area (Å²) in [7, 11) is 0. The highest BCUT2D eigenvalue weighted by Gasteiger charge is 2.16. The predicted molar refractivity (Wildman–Crippen MR) is 60.2 cm³/mol. The third kappa shape index (κ3) is 1.89. The van der Waals surface area contributed by atoms with Crippen LogP contribution in [-0.4, -0.2) is 20.6 Å². The topological polar surface area (TPSA) is 55.1 Å². The zero-order valence-corrected chi connectivity index (χ0v) is 9.57. The Morgan fingerprint density at radius 1 is 1.53 bits per heavy atom. The van der Waals surface area contributed by atoms with Crippen LogP contribution in [0.15, 0.2) is 24.5 Å². The lowest BCUT2D eigenvalue weighted by Crippen LogP contribution is -2.03. The van der Waals surface area contributed by atoms with Gasteiger partial charge in [0.15, 0.2) is 11.5 Å². The summed E-state index contributed by atoms with van der Waals surface area (Å²) < 4.78 is 15.1. The molecule has 88 valence electrons. The minimum atomic E-state index is -1.15. The van der Waals surface area contributed by atoms with Gasteiger partial charge in [-0.15, -0.1) is 0 Å². The second kappa shape index (κ2) is 4.18. The smallest absolute Gasteiger partial charge is 0.356 e. The number of halogens is 2. The molecule has 2 aromatic rings. The van der Waals surface area contributed by atoms with Gasteiger partial charge in [0.25, 0.3) is 0 Å². The molecule has 17 heavy (non-hydrogen) atoms. The molecule has 6 heteroatoms. The first-order valence-corrected chi connectivity index (χ1v) is 5.11. The van der Waals surface area contributed by atoms with Crippen LogP contribution in [0.1, 0.15) is 16.2 Å². The van der Waals surface area contributed by atoms with E-state index in [0.717, 1.165) is 0 Å². The molecule has 0 aliphatic heterocycles. The zero-order valence-electron chi connectivity index (χ0n) is 8.82. The van der Waals surface area contributed by atoms with Gasteiger partial charge < -0.3 is 5.11 Å². The largest absolute Gasteiger partial charge is 0.476 e. The highest BCUT2D eigenvalue weighted by atomic mass is 35.5. The predicted octanol–water partition coefficient (Wildman–Crippen LogP) is 2.67. The standard InChI is InChI=1S/C11H8ClFN2O2/c1-6-10(11(16)17)14-5-15(6)8-4-2-3-7(12)9(8)13/h2-5H,1H3,(H,16,17). The van der Waals surface area contributed by atoms with Gasteiger partial charge in [-0.05, 0) is 19.1 Å². The molecule has 0 spiro atoms. The fourth-order valence-electron chi connectivity index (χ4n) is 1.54. The number of aromatic nitrogens is 2. The minimum Gasteiger partial charge on any atom is -0.476 e. The maximum atomic E-state index is 13.7. The molecule has 4 nitrogen and oxygen atoms in total. The van der Waals surface area contributed by atoms with E-state index in [-0.39, 0.29) is 16.4 Å². The van der Waals surface area contributed by atoms with Crippen molar-refractivity contribution in [2.45, 2.75) is 6.92 Å². The molecule has 0 bridgehead atoms. The van der Waals surface area contributed by atoms with Crippen molar-refractivity contribution >= 4 is 17.6 Å². The lowest BCUT2D eigenvalue weighted by molar-refractivity contribution is 0.0690. The number of carboxylic acids is 1. The summed E-state index contributed by atoms with van der Waals surface area (Å²) >= 11 is 5.66. The Kier molecular flexibility index (Phi) is 2.85. The highest BCUT2D eigenvalue weighted by Crippen LogP contribution is 2.23. The number of benzene rings is 1. The number of imidazole rings is 1. The number of nitrogens with zero attached hydrogens (tertiary/aromatic N) is 2. The van der Waals surface area contributed by atoms with Crippen molar-refractivity contribution in [2.75, 3.05) is 0 Å². The molecule has 0 unspecified atom stereocenters. The summed E-state index contributed by atoms with van der Waals surface area (Å²) in [4.78, 5) is 14.5. The van der Waals surface area contributed by atoms with E-state index in [1.54, 1.807) is 13.0 Å². The Hall–Kier alpha value is -1.88. The van der Waals surface area contributed by atoms with Gasteiger partial charge in [0, 0.05) is 0 Å². The van der Waals surface area contributed by atoms with E-state index >= 15 is 0 Å². The molecular formula is C11H8ClFN2O2. The van der Waals surface area contributed by atoms with Crippen molar-refractivity contribution < 1.29 is 14.3 Å². The van der Waals surface area contributed by atoms with E-state index < -0.39 is 11.8 Å². The van der Waals surface area contributed by atoms with Crippen LogP contribution >= 0.6 is 11.6 Å². The van der Waals surface area contributed by atoms with Gasteiger partial charge in [-0.25, -0.2) is 14.2 Å². The van der Waals surface area contributed by atoms with Gasteiger partial charge in [-0.2, -0.15) is 0 Å². The normalized spacial score (nSPS) is 10.5. The van der Waals surface area contributed by atoms with Gasteiger partial charge in [0.05, 0.1) is 16.4 Å². The summed E-state index contributed by atoms with van der Waals surface area (Å²) in [5, 5.41) is 8.83. The molecule has 0 aliphatic carbocycles. The van der Waals surface area contributed by atoms with Gasteiger partial charge in [-0.3, -0.25) is 4.57 Å². The van der Waals surface area contributed by atoms with Crippen LogP contribution in [0.25, 0.3) is 5.69 Å². The van der Waals surface area contributed by atoms with Crippen LogP contribution in [0, 0.1) is 12.7 Å². The van der Waals surface area contributed by atoms with E-state index in [4.69, 9.17) is 16.7 Å². The van der Waals surface area contributed by atoms with E-state index in [0.29, 0.717) is 5.69 Å². The van der Waals surface area contributed by atoms with E-state index in [2.05, 4.69) is 4.98 Å². The molecule has 0 radical (unpaired) electrons. The van der Waals surface area contributed by atoms with Crippen LogP contribution in [0.5, 0.6) is 0 Å². The summed E-state index contributed by atoms with van der Waals surface area (Å²) in [6.45, 7) is 1.55. The van der Waals surface area contributed by atoms with Gasteiger partial charge >= 0.3 is 5.97 Å². The molecule has 0 atom stereocenters. The third-order valence-corrected chi connectivity index (χ3v) is 2.69. The van der Waals surface area contributed by atoms with Crippen molar-refractivity contribution in [3.05, 3.63) is 46.8 Å². The highest BCUT2D eigenvalue weighted by molar-refractivity contribution is 6.30. The Morgan fingerprint density at radius 2 is 2.24 bits per heavy atom. The van der Waals surface area contributed by atoms with Gasteiger partial charge in [0.1, 0.15) is 6.33 Å². The quantitative estimate of drug-likeness (QED) is 0.896. The Morgan fingerprint density at radius 3 is 2.82 bits per heavy atom. The fraction of sp³-hybridized carbons (Fsp3) is 0.0909. The first-order chi connectivity index (χ1) is 8.02. The number of hydrogen-bond acceptors (Lipinski definition) is 2. The lowest BCUT2D eigenvalue weighted by Gasteiger charge is -2.07. The number of aromatic carboxylic acids is 1. The van der Waals surface area contributed by atoms with Gasteiger partial charge in [0.2, 0.25) is 0 Å². The maximum absolute atomic E-state index is 13.7. The fourth-order valence-corrected chi connectivity index (χ4v) is 1.71. The molecule has 1 aromatic carbocycles. The van der Waals surface area contributed by atoms with Crippen molar-refractivity contribution in [1.82, 2.24) is 9.55 Å². The average molecular weight is 255 g/mol. The monoisotopic (exact) mass is 254 g/mol. The van der Waals surface area contributed by atoms with Crippen molar-refractivity contribution in [3.8, 4) is 5.69 Å². The van der Waals surface area contributed by atoms with Crippen LogP contribution < -0.4 is 0 Å². The number of hydrogen-bond donors (Lipinski definition) is 1. The molecule has 0 saturated carbocycles. The first-order valence-electron chi connectivity index (χ1n) is 4.74. The number of carboxylic acid groups (broad SMARTS) is 1. The molecule has 0 saturated heterocycles.